The molecule has 0 spiro atoms. The average Bonchev–Trinajstić information content (AvgIpc) is 3.58. The number of rotatable bonds is 6. The second-order valence-electron chi connectivity index (χ2n) is 7.12. The summed E-state index contributed by atoms with van der Waals surface area (Å²) in [6.07, 6.45) is 2.25. The van der Waals surface area contributed by atoms with Gasteiger partial charge in [-0.25, -0.2) is 9.99 Å². The van der Waals surface area contributed by atoms with Crippen molar-refractivity contribution in [2.24, 2.45) is 5.10 Å². The summed E-state index contributed by atoms with van der Waals surface area (Å²) in [7, 11) is 0. The number of thioether (sulfide) groups is 1. The zero-order valence-corrected chi connectivity index (χ0v) is 18.3. The number of benzene rings is 1. The highest BCUT2D eigenvalue weighted by Crippen LogP contribution is 2.35. The van der Waals surface area contributed by atoms with Gasteiger partial charge in [-0.15, -0.1) is 16.4 Å². The Morgan fingerprint density at radius 3 is 2.87 bits per heavy atom. The van der Waals surface area contributed by atoms with Crippen LogP contribution < -0.4 is 0 Å². The van der Waals surface area contributed by atoms with Crippen molar-refractivity contribution in [3.8, 4) is 11.4 Å². The number of H-pyrrole nitrogens is 1. The lowest BCUT2D eigenvalue weighted by Gasteiger charge is -2.20. The van der Waals surface area contributed by atoms with E-state index in [0.29, 0.717) is 23.2 Å². The zero-order valence-electron chi connectivity index (χ0n) is 16.7. The van der Waals surface area contributed by atoms with Crippen LogP contribution in [0, 0.1) is 6.92 Å². The lowest BCUT2D eigenvalue weighted by atomic mass is 10.1. The molecule has 9 heteroatoms. The van der Waals surface area contributed by atoms with Gasteiger partial charge in [0.2, 0.25) is 5.16 Å². The molecule has 4 aromatic rings. The van der Waals surface area contributed by atoms with Gasteiger partial charge >= 0.3 is 0 Å². The topological polar surface area (TPSA) is 87.4 Å². The van der Waals surface area contributed by atoms with Crippen LogP contribution in [-0.2, 0) is 4.79 Å². The third kappa shape index (κ3) is 4.19. The van der Waals surface area contributed by atoms with E-state index in [1.807, 2.05) is 60.8 Å². The Bertz CT molecular complexity index is 1200. The van der Waals surface area contributed by atoms with Crippen molar-refractivity contribution < 1.29 is 9.21 Å². The van der Waals surface area contributed by atoms with E-state index in [9.17, 15) is 4.79 Å². The highest BCUT2D eigenvalue weighted by molar-refractivity contribution is 7.99. The average molecular weight is 450 g/mol. The zero-order chi connectivity index (χ0) is 21.2. The van der Waals surface area contributed by atoms with Gasteiger partial charge in [0.15, 0.2) is 5.82 Å². The Morgan fingerprint density at radius 2 is 2.13 bits per heavy atom. The minimum Gasteiger partial charge on any atom is -0.463 e. The summed E-state index contributed by atoms with van der Waals surface area (Å²) in [4.78, 5) is 18.7. The van der Waals surface area contributed by atoms with Gasteiger partial charge in [-0.05, 0) is 30.5 Å². The fraction of sp³-hybridized carbons (Fsp3) is 0.182. The highest BCUT2D eigenvalue weighted by atomic mass is 32.2. The van der Waals surface area contributed by atoms with E-state index in [-0.39, 0.29) is 17.7 Å². The Kier molecular flexibility index (Phi) is 5.44. The summed E-state index contributed by atoms with van der Waals surface area (Å²) >= 11 is 2.92. The fourth-order valence-corrected chi connectivity index (χ4v) is 4.84. The number of hydrogen-bond donors (Lipinski definition) is 1. The normalized spacial score (nSPS) is 16.0. The van der Waals surface area contributed by atoms with Crippen LogP contribution in [0.3, 0.4) is 0 Å². The van der Waals surface area contributed by atoms with Crippen LogP contribution >= 0.6 is 23.1 Å². The van der Waals surface area contributed by atoms with E-state index < -0.39 is 0 Å². The quantitative estimate of drug-likeness (QED) is 0.423. The number of thiophene rings is 1. The van der Waals surface area contributed by atoms with Crippen molar-refractivity contribution >= 4 is 34.7 Å². The van der Waals surface area contributed by atoms with Gasteiger partial charge in [0.05, 0.1) is 18.1 Å². The molecule has 0 fully saturated rings. The molecule has 3 aromatic heterocycles. The number of hydrazone groups is 1. The second-order valence-corrected chi connectivity index (χ2v) is 9.04. The largest absolute Gasteiger partial charge is 0.463 e. The molecule has 1 aliphatic heterocycles. The molecular formula is C22H19N5O2S2. The van der Waals surface area contributed by atoms with Crippen LogP contribution in [0.1, 0.15) is 28.7 Å². The van der Waals surface area contributed by atoms with E-state index in [0.717, 1.165) is 16.2 Å². The molecule has 0 radical (unpaired) electrons. The maximum atomic E-state index is 13.1. The van der Waals surface area contributed by atoms with Crippen LogP contribution in [0.25, 0.3) is 11.4 Å². The number of carbonyl (C=O) groups is 1. The van der Waals surface area contributed by atoms with Crippen molar-refractivity contribution in [3.63, 3.8) is 0 Å². The Hall–Kier alpha value is -3.17. The van der Waals surface area contributed by atoms with Gasteiger partial charge in [-0.2, -0.15) is 5.10 Å². The summed E-state index contributed by atoms with van der Waals surface area (Å²) in [5.74, 6) is 1.49. The molecule has 4 heterocycles. The van der Waals surface area contributed by atoms with Crippen LogP contribution in [0.15, 0.2) is 74.8 Å². The number of furan rings is 1. The number of aromatic nitrogens is 3. The minimum atomic E-state index is -0.122. The van der Waals surface area contributed by atoms with Gasteiger partial charge in [-0.1, -0.05) is 47.7 Å². The van der Waals surface area contributed by atoms with Crippen LogP contribution in [-0.4, -0.2) is 37.6 Å². The number of carbonyl (C=O) groups excluding carboxylic acids is 1. The summed E-state index contributed by atoms with van der Waals surface area (Å²) in [5.41, 5.74) is 2.92. The summed E-state index contributed by atoms with van der Waals surface area (Å²) in [6.45, 7) is 2.04. The first kappa shape index (κ1) is 19.8. The van der Waals surface area contributed by atoms with Crippen molar-refractivity contribution in [1.82, 2.24) is 20.2 Å². The van der Waals surface area contributed by atoms with E-state index in [1.54, 1.807) is 22.6 Å². The number of nitrogens with one attached hydrogen (secondary N) is 1. The Balaban J connectivity index is 1.30. The molecular weight excluding hydrogens is 430 g/mol. The molecule has 0 aliphatic carbocycles. The van der Waals surface area contributed by atoms with Gasteiger partial charge in [-0.3, -0.25) is 9.89 Å². The van der Waals surface area contributed by atoms with Gasteiger partial charge in [0.25, 0.3) is 5.91 Å². The number of aromatic amines is 1. The smallest absolute Gasteiger partial charge is 0.253 e. The molecule has 0 bridgehead atoms. The maximum Gasteiger partial charge on any atom is 0.253 e. The van der Waals surface area contributed by atoms with Crippen molar-refractivity contribution in [1.29, 1.82) is 0 Å². The molecule has 5 rings (SSSR count). The van der Waals surface area contributed by atoms with E-state index in [1.165, 1.54) is 17.3 Å². The lowest BCUT2D eigenvalue weighted by molar-refractivity contribution is -0.130. The molecule has 1 aromatic carbocycles. The molecule has 7 nitrogen and oxygen atoms in total. The third-order valence-corrected chi connectivity index (χ3v) is 6.76. The summed E-state index contributed by atoms with van der Waals surface area (Å²) in [6, 6.07) is 15.6. The molecule has 0 saturated carbocycles. The van der Waals surface area contributed by atoms with Crippen molar-refractivity contribution in [2.45, 2.75) is 24.5 Å². The third-order valence-electron chi connectivity index (χ3n) is 4.96. The standard InChI is InChI=1S/C22H19N5O2S2/c1-14-6-8-15(9-7-14)21-23-22(25-24-21)31-13-20(28)27-17(19-5-3-11-30-19)12-16(26-27)18-4-2-10-29-18/h2-11,17H,12-13H2,1H3,(H,23,24,25). The molecule has 31 heavy (non-hydrogen) atoms. The van der Waals surface area contributed by atoms with Crippen molar-refractivity contribution in [2.75, 3.05) is 5.75 Å². The summed E-state index contributed by atoms with van der Waals surface area (Å²) < 4.78 is 5.50. The van der Waals surface area contributed by atoms with Crippen molar-refractivity contribution in [3.05, 3.63) is 76.4 Å². The molecule has 1 aliphatic rings. The first-order valence-corrected chi connectivity index (χ1v) is 11.6. The number of aryl methyl sites for hydroxylation is 1. The Labute approximate surface area is 187 Å². The van der Waals surface area contributed by atoms with E-state index in [2.05, 4.69) is 20.3 Å². The molecule has 0 saturated heterocycles. The molecule has 1 N–H and O–H groups in total. The SMILES string of the molecule is Cc1ccc(-c2nc(SCC(=O)N3N=C(c4ccco4)CC3c3cccs3)n[nH]2)cc1. The lowest BCUT2D eigenvalue weighted by Crippen LogP contribution is -2.28. The fourth-order valence-electron chi connectivity index (χ4n) is 3.38. The summed E-state index contributed by atoms with van der Waals surface area (Å²) in [5, 5.41) is 15.9. The molecule has 1 unspecified atom stereocenters. The Morgan fingerprint density at radius 1 is 1.26 bits per heavy atom. The van der Waals surface area contributed by atoms with Crippen LogP contribution in [0.2, 0.25) is 0 Å². The van der Waals surface area contributed by atoms with E-state index >= 15 is 0 Å². The number of hydrogen-bond acceptors (Lipinski definition) is 7. The predicted octanol–water partition coefficient (Wildman–Crippen LogP) is 4.90. The maximum absolute atomic E-state index is 13.1. The second kappa shape index (κ2) is 8.52. The number of amides is 1. The monoisotopic (exact) mass is 449 g/mol. The predicted molar refractivity (Wildman–Crippen MR) is 121 cm³/mol. The van der Waals surface area contributed by atoms with E-state index in [4.69, 9.17) is 4.42 Å². The van der Waals surface area contributed by atoms with Crippen LogP contribution in [0.5, 0.6) is 0 Å². The van der Waals surface area contributed by atoms with Crippen LogP contribution in [0.4, 0.5) is 0 Å². The molecule has 1 amide bonds. The molecule has 156 valence electrons. The van der Waals surface area contributed by atoms with Gasteiger partial charge in [0.1, 0.15) is 11.5 Å². The minimum absolute atomic E-state index is 0.0911. The first-order valence-electron chi connectivity index (χ1n) is 9.76. The van der Waals surface area contributed by atoms with Gasteiger partial charge < -0.3 is 4.42 Å². The highest BCUT2D eigenvalue weighted by Gasteiger charge is 2.34. The van der Waals surface area contributed by atoms with Gasteiger partial charge in [0, 0.05) is 16.9 Å². The molecule has 1 atom stereocenters. The first-order chi connectivity index (χ1) is 15.2. The number of nitrogens with zero attached hydrogens (tertiary/aromatic N) is 4.